The van der Waals surface area contributed by atoms with Crippen molar-refractivity contribution in [3.8, 4) is 0 Å². The van der Waals surface area contributed by atoms with Gasteiger partial charge >= 0.3 is 6.18 Å². The van der Waals surface area contributed by atoms with Gasteiger partial charge < -0.3 is 15.4 Å². The van der Waals surface area contributed by atoms with Crippen LogP contribution in [-0.2, 0) is 10.9 Å². The molecule has 1 heterocycles. The zero-order valence-electron chi connectivity index (χ0n) is 11.8. The first kappa shape index (κ1) is 16.0. The van der Waals surface area contributed by atoms with Crippen molar-refractivity contribution in [3.63, 3.8) is 0 Å². The van der Waals surface area contributed by atoms with Crippen molar-refractivity contribution in [1.82, 2.24) is 9.97 Å². The van der Waals surface area contributed by atoms with Gasteiger partial charge in [0.1, 0.15) is 5.82 Å². The molecule has 0 spiro atoms. The SMILES string of the molecule is COCCNc1nccc(Nc2ccc(C(F)(F)F)cc2)n1. The first-order chi connectivity index (χ1) is 10.5. The van der Waals surface area contributed by atoms with Crippen LogP contribution >= 0.6 is 0 Å². The van der Waals surface area contributed by atoms with Crippen molar-refractivity contribution >= 4 is 17.5 Å². The zero-order valence-corrected chi connectivity index (χ0v) is 11.8. The Kier molecular flexibility index (Phi) is 5.16. The van der Waals surface area contributed by atoms with E-state index in [0.29, 0.717) is 30.6 Å². The summed E-state index contributed by atoms with van der Waals surface area (Å²) in [6, 6.07) is 6.35. The van der Waals surface area contributed by atoms with Gasteiger partial charge in [-0.2, -0.15) is 18.2 Å². The van der Waals surface area contributed by atoms with Crippen molar-refractivity contribution < 1.29 is 17.9 Å². The molecule has 1 aromatic heterocycles. The number of hydrogen-bond acceptors (Lipinski definition) is 5. The summed E-state index contributed by atoms with van der Waals surface area (Å²) in [6.45, 7) is 1.07. The van der Waals surface area contributed by atoms with Gasteiger partial charge in [-0.25, -0.2) is 4.98 Å². The normalized spacial score (nSPS) is 11.3. The van der Waals surface area contributed by atoms with Crippen molar-refractivity contribution in [3.05, 3.63) is 42.1 Å². The number of benzene rings is 1. The van der Waals surface area contributed by atoms with Crippen LogP contribution < -0.4 is 10.6 Å². The Morgan fingerprint density at radius 2 is 1.86 bits per heavy atom. The van der Waals surface area contributed by atoms with Crippen LogP contribution in [0.4, 0.5) is 30.6 Å². The molecule has 0 unspecified atom stereocenters. The Labute approximate surface area is 125 Å². The smallest absolute Gasteiger partial charge is 0.383 e. The molecule has 5 nitrogen and oxygen atoms in total. The Balaban J connectivity index is 2.02. The van der Waals surface area contributed by atoms with Crippen LogP contribution in [-0.4, -0.2) is 30.2 Å². The molecular weight excluding hydrogens is 297 g/mol. The molecule has 0 saturated carbocycles. The van der Waals surface area contributed by atoms with E-state index < -0.39 is 11.7 Å². The maximum atomic E-state index is 12.5. The van der Waals surface area contributed by atoms with E-state index in [1.807, 2.05) is 0 Å². The van der Waals surface area contributed by atoms with Crippen LogP contribution in [0.1, 0.15) is 5.56 Å². The molecule has 1 aromatic carbocycles. The summed E-state index contributed by atoms with van der Waals surface area (Å²) < 4.78 is 42.4. The number of methoxy groups -OCH3 is 1. The number of rotatable bonds is 6. The molecule has 2 rings (SSSR count). The first-order valence-electron chi connectivity index (χ1n) is 6.49. The van der Waals surface area contributed by atoms with Gasteiger partial charge in [0.2, 0.25) is 5.95 Å². The van der Waals surface area contributed by atoms with E-state index in [1.54, 1.807) is 19.4 Å². The Bertz CT molecular complexity index is 602. The molecule has 0 amide bonds. The third-order valence-corrected chi connectivity index (χ3v) is 2.73. The summed E-state index contributed by atoms with van der Waals surface area (Å²) in [4.78, 5) is 8.23. The first-order valence-corrected chi connectivity index (χ1v) is 6.49. The standard InChI is InChI=1S/C14H15F3N4O/c1-22-9-8-19-13-18-7-6-12(21-13)20-11-4-2-10(3-5-11)14(15,16)17/h2-7H,8-9H2,1H3,(H2,18,19,20,21). The van der Waals surface area contributed by atoms with Gasteiger partial charge in [-0.05, 0) is 30.3 Å². The quantitative estimate of drug-likeness (QED) is 0.802. The predicted octanol–water partition coefficient (Wildman–Crippen LogP) is 3.30. The lowest BCUT2D eigenvalue weighted by atomic mass is 10.2. The van der Waals surface area contributed by atoms with Crippen molar-refractivity contribution in [2.24, 2.45) is 0 Å². The Morgan fingerprint density at radius 3 is 2.50 bits per heavy atom. The number of ether oxygens (including phenoxy) is 1. The van der Waals surface area contributed by atoms with E-state index >= 15 is 0 Å². The summed E-state index contributed by atoms with van der Waals surface area (Å²) in [5, 5.41) is 5.89. The number of alkyl halides is 3. The monoisotopic (exact) mass is 312 g/mol. The van der Waals surface area contributed by atoms with Crippen molar-refractivity contribution in [2.45, 2.75) is 6.18 Å². The highest BCUT2D eigenvalue weighted by atomic mass is 19.4. The fourth-order valence-electron chi connectivity index (χ4n) is 1.67. The number of nitrogens with zero attached hydrogens (tertiary/aromatic N) is 2. The second-order valence-corrected chi connectivity index (χ2v) is 4.39. The third kappa shape index (κ3) is 4.59. The number of anilines is 3. The van der Waals surface area contributed by atoms with E-state index in [9.17, 15) is 13.2 Å². The van der Waals surface area contributed by atoms with Crippen molar-refractivity contribution in [2.75, 3.05) is 30.9 Å². The number of aromatic nitrogens is 2. The fourth-order valence-corrected chi connectivity index (χ4v) is 1.67. The van der Waals surface area contributed by atoms with Crippen LogP contribution in [0.15, 0.2) is 36.5 Å². The number of halogens is 3. The molecule has 0 bridgehead atoms. The molecule has 0 aliphatic carbocycles. The molecule has 22 heavy (non-hydrogen) atoms. The molecular formula is C14H15F3N4O. The topological polar surface area (TPSA) is 59.1 Å². The molecule has 118 valence electrons. The minimum atomic E-state index is -4.34. The Morgan fingerprint density at radius 1 is 1.14 bits per heavy atom. The summed E-state index contributed by atoms with van der Waals surface area (Å²) in [7, 11) is 1.59. The third-order valence-electron chi connectivity index (χ3n) is 2.73. The summed E-state index contributed by atoms with van der Waals surface area (Å²) in [5.74, 6) is 0.892. The molecule has 2 aromatic rings. The van der Waals surface area contributed by atoms with Gasteiger partial charge in [0, 0.05) is 25.5 Å². The summed E-state index contributed by atoms with van der Waals surface area (Å²) in [5.41, 5.74) is -0.183. The lowest BCUT2D eigenvalue weighted by Crippen LogP contribution is -2.10. The largest absolute Gasteiger partial charge is 0.416 e. The maximum absolute atomic E-state index is 12.5. The number of nitrogens with one attached hydrogen (secondary N) is 2. The summed E-state index contributed by atoms with van der Waals surface area (Å²) >= 11 is 0. The lowest BCUT2D eigenvalue weighted by molar-refractivity contribution is -0.137. The second kappa shape index (κ2) is 7.08. The molecule has 8 heteroatoms. The number of hydrogen-bond donors (Lipinski definition) is 2. The minimum Gasteiger partial charge on any atom is -0.383 e. The minimum absolute atomic E-state index is 0.411. The van der Waals surface area contributed by atoms with Crippen LogP contribution in [0.25, 0.3) is 0 Å². The van der Waals surface area contributed by atoms with Crippen LogP contribution in [0, 0.1) is 0 Å². The lowest BCUT2D eigenvalue weighted by Gasteiger charge is -2.10. The molecule has 0 atom stereocenters. The van der Waals surface area contributed by atoms with Gasteiger partial charge in [0.05, 0.1) is 12.2 Å². The van der Waals surface area contributed by atoms with E-state index in [0.717, 1.165) is 12.1 Å². The van der Waals surface area contributed by atoms with Crippen LogP contribution in [0.5, 0.6) is 0 Å². The fraction of sp³-hybridized carbons (Fsp3) is 0.286. The van der Waals surface area contributed by atoms with E-state index in [2.05, 4.69) is 20.6 Å². The Hall–Kier alpha value is -2.35. The molecule has 0 radical (unpaired) electrons. The molecule has 0 aliphatic heterocycles. The summed E-state index contributed by atoms with van der Waals surface area (Å²) in [6.07, 6.45) is -2.79. The second-order valence-electron chi connectivity index (χ2n) is 4.39. The molecule has 0 fully saturated rings. The van der Waals surface area contributed by atoms with Crippen molar-refractivity contribution in [1.29, 1.82) is 0 Å². The van der Waals surface area contributed by atoms with Crippen LogP contribution in [0.3, 0.4) is 0 Å². The maximum Gasteiger partial charge on any atom is 0.416 e. The van der Waals surface area contributed by atoms with Crippen LogP contribution in [0.2, 0.25) is 0 Å². The highest BCUT2D eigenvalue weighted by Gasteiger charge is 2.29. The molecule has 0 saturated heterocycles. The zero-order chi connectivity index (χ0) is 16.0. The van der Waals surface area contributed by atoms with Gasteiger partial charge in [-0.3, -0.25) is 0 Å². The highest BCUT2D eigenvalue weighted by molar-refractivity contribution is 5.57. The molecule has 0 aliphatic rings. The van der Waals surface area contributed by atoms with Gasteiger partial charge in [-0.1, -0.05) is 0 Å². The van der Waals surface area contributed by atoms with Gasteiger partial charge in [-0.15, -0.1) is 0 Å². The average Bonchev–Trinajstić information content (AvgIpc) is 2.48. The molecule has 2 N–H and O–H groups in total. The average molecular weight is 312 g/mol. The van der Waals surface area contributed by atoms with E-state index in [-0.39, 0.29) is 0 Å². The van der Waals surface area contributed by atoms with Gasteiger partial charge in [0.15, 0.2) is 0 Å². The predicted molar refractivity (Wildman–Crippen MR) is 77.1 cm³/mol. The van der Waals surface area contributed by atoms with E-state index in [1.165, 1.54) is 12.1 Å². The van der Waals surface area contributed by atoms with Gasteiger partial charge in [0.25, 0.3) is 0 Å². The highest BCUT2D eigenvalue weighted by Crippen LogP contribution is 2.30. The van der Waals surface area contributed by atoms with E-state index in [4.69, 9.17) is 4.74 Å².